The van der Waals surface area contributed by atoms with Gasteiger partial charge >= 0.3 is 0 Å². The summed E-state index contributed by atoms with van der Waals surface area (Å²) in [5.74, 6) is 0. The fourth-order valence-electron chi connectivity index (χ4n) is 2.11. The summed E-state index contributed by atoms with van der Waals surface area (Å²) in [6, 6.07) is 10.7. The fourth-order valence-corrected chi connectivity index (χ4v) is 2.11. The third kappa shape index (κ3) is 1.49. The van der Waals surface area contributed by atoms with Crippen molar-refractivity contribution < 1.29 is 4.74 Å². The normalized spacial score (nSPS) is 27.8. The maximum atomic E-state index is 5.51. The van der Waals surface area contributed by atoms with Crippen LogP contribution in [0, 0.1) is 0 Å². The van der Waals surface area contributed by atoms with Crippen LogP contribution >= 0.6 is 0 Å². The molecule has 70 valence electrons. The Labute approximate surface area is 79.7 Å². The Hall–Kier alpha value is -0.820. The average Bonchev–Trinajstić information content (AvgIpc) is 2.69. The van der Waals surface area contributed by atoms with E-state index in [2.05, 4.69) is 37.3 Å². The molecule has 1 heterocycles. The standard InChI is InChI=1S/C12H16O/c1-2-12(8-9-13-10-12)11-6-4-3-5-7-11/h3-7H,2,8-10H2,1H3. The first kappa shape index (κ1) is 8.76. The monoisotopic (exact) mass is 176 g/mol. The van der Waals surface area contributed by atoms with Crippen molar-refractivity contribution in [1.82, 2.24) is 0 Å². The van der Waals surface area contributed by atoms with Crippen molar-refractivity contribution in [3.8, 4) is 0 Å². The largest absolute Gasteiger partial charge is 0.380 e. The molecule has 13 heavy (non-hydrogen) atoms. The van der Waals surface area contributed by atoms with Gasteiger partial charge in [-0.1, -0.05) is 37.3 Å². The third-order valence-electron chi connectivity index (χ3n) is 3.17. The predicted molar refractivity (Wildman–Crippen MR) is 53.8 cm³/mol. The zero-order chi connectivity index (χ0) is 9.15. The Kier molecular flexibility index (Phi) is 2.36. The van der Waals surface area contributed by atoms with Gasteiger partial charge in [-0.25, -0.2) is 0 Å². The van der Waals surface area contributed by atoms with E-state index < -0.39 is 0 Å². The van der Waals surface area contributed by atoms with Crippen LogP contribution < -0.4 is 0 Å². The van der Waals surface area contributed by atoms with Crippen LogP contribution in [-0.2, 0) is 10.2 Å². The van der Waals surface area contributed by atoms with Gasteiger partial charge in [-0.2, -0.15) is 0 Å². The van der Waals surface area contributed by atoms with Gasteiger partial charge in [0.1, 0.15) is 0 Å². The van der Waals surface area contributed by atoms with E-state index in [-0.39, 0.29) is 0 Å². The molecule has 1 fully saturated rings. The molecule has 0 bridgehead atoms. The molecule has 0 saturated carbocycles. The van der Waals surface area contributed by atoms with Gasteiger partial charge in [0, 0.05) is 12.0 Å². The summed E-state index contributed by atoms with van der Waals surface area (Å²) in [7, 11) is 0. The highest BCUT2D eigenvalue weighted by atomic mass is 16.5. The molecule has 1 atom stereocenters. The van der Waals surface area contributed by atoms with E-state index in [9.17, 15) is 0 Å². The van der Waals surface area contributed by atoms with Crippen molar-refractivity contribution in [1.29, 1.82) is 0 Å². The molecule has 1 aromatic carbocycles. The molecule has 0 amide bonds. The van der Waals surface area contributed by atoms with Gasteiger partial charge in [0.15, 0.2) is 0 Å². The van der Waals surface area contributed by atoms with E-state index in [0.717, 1.165) is 13.2 Å². The van der Waals surface area contributed by atoms with Gasteiger partial charge in [0.05, 0.1) is 6.61 Å². The minimum Gasteiger partial charge on any atom is -0.380 e. The summed E-state index contributed by atoms with van der Waals surface area (Å²) in [6.07, 6.45) is 2.35. The molecule has 1 saturated heterocycles. The van der Waals surface area contributed by atoms with Crippen LogP contribution in [0.25, 0.3) is 0 Å². The molecule has 1 aliphatic heterocycles. The Morgan fingerprint density at radius 3 is 2.62 bits per heavy atom. The number of hydrogen-bond acceptors (Lipinski definition) is 1. The second-order valence-electron chi connectivity index (χ2n) is 3.80. The lowest BCUT2D eigenvalue weighted by atomic mass is 9.78. The van der Waals surface area contributed by atoms with Crippen LogP contribution in [0.1, 0.15) is 25.3 Å². The average molecular weight is 176 g/mol. The minimum absolute atomic E-state index is 0.307. The van der Waals surface area contributed by atoms with Crippen molar-refractivity contribution >= 4 is 0 Å². The summed E-state index contributed by atoms with van der Waals surface area (Å²) < 4.78 is 5.51. The molecule has 0 radical (unpaired) electrons. The lowest BCUT2D eigenvalue weighted by Gasteiger charge is -2.26. The molecule has 1 aromatic rings. The lowest BCUT2D eigenvalue weighted by molar-refractivity contribution is 0.176. The van der Waals surface area contributed by atoms with Gasteiger partial charge < -0.3 is 4.74 Å². The van der Waals surface area contributed by atoms with Crippen molar-refractivity contribution in [3.05, 3.63) is 35.9 Å². The summed E-state index contributed by atoms with van der Waals surface area (Å²) >= 11 is 0. The molecule has 1 heteroatoms. The van der Waals surface area contributed by atoms with Crippen LogP contribution in [0.5, 0.6) is 0 Å². The first-order valence-electron chi connectivity index (χ1n) is 5.01. The van der Waals surface area contributed by atoms with E-state index in [1.807, 2.05) is 0 Å². The molecular formula is C12H16O. The zero-order valence-corrected chi connectivity index (χ0v) is 8.12. The van der Waals surface area contributed by atoms with Crippen molar-refractivity contribution in [3.63, 3.8) is 0 Å². The van der Waals surface area contributed by atoms with Crippen LogP contribution in [-0.4, -0.2) is 13.2 Å². The van der Waals surface area contributed by atoms with E-state index in [1.54, 1.807) is 0 Å². The Bertz CT molecular complexity index is 260. The Morgan fingerprint density at radius 1 is 1.31 bits per heavy atom. The van der Waals surface area contributed by atoms with Crippen molar-refractivity contribution in [2.24, 2.45) is 0 Å². The molecule has 0 N–H and O–H groups in total. The highest BCUT2D eigenvalue weighted by Gasteiger charge is 2.34. The quantitative estimate of drug-likeness (QED) is 0.673. The molecule has 1 unspecified atom stereocenters. The minimum atomic E-state index is 0.307. The maximum absolute atomic E-state index is 5.51. The van der Waals surface area contributed by atoms with Crippen molar-refractivity contribution in [2.75, 3.05) is 13.2 Å². The summed E-state index contributed by atoms with van der Waals surface area (Å²) in [5, 5.41) is 0. The highest BCUT2D eigenvalue weighted by molar-refractivity contribution is 5.26. The molecule has 0 spiro atoms. The highest BCUT2D eigenvalue weighted by Crippen LogP contribution is 2.35. The second kappa shape index (κ2) is 3.51. The number of benzene rings is 1. The van der Waals surface area contributed by atoms with Crippen molar-refractivity contribution in [2.45, 2.75) is 25.2 Å². The summed E-state index contributed by atoms with van der Waals surface area (Å²) in [6.45, 7) is 4.07. The number of rotatable bonds is 2. The first-order chi connectivity index (χ1) is 6.37. The number of ether oxygens (including phenoxy) is 1. The molecule has 0 aliphatic carbocycles. The van der Waals surface area contributed by atoms with E-state index in [0.29, 0.717) is 5.41 Å². The first-order valence-corrected chi connectivity index (χ1v) is 5.01. The fraction of sp³-hybridized carbons (Fsp3) is 0.500. The van der Waals surface area contributed by atoms with Gasteiger partial charge in [-0.05, 0) is 18.4 Å². The maximum Gasteiger partial charge on any atom is 0.0563 e. The molecule has 1 nitrogen and oxygen atoms in total. The van der Waals surface area contributed by atoms with Gasteiger partial charge in [-0.3, -0.25) is 0 Å². The number of hydrogen-bond donors (Lipinski definition) is 0. The topological polar surface area (TPSA) is 9.23 Å². The summed E-state index contributed by atoms with van der Waals surface area (Å²) in [4.78, 5) is 0. The summed E-state index contributed by atoms with van der Waals surface area (Å²) in [5.41, 5.74) is 1.75. The predicted octanol–water partition coefficient (Wildman–Crippen LogP) is 2.75. The Balaban J connectivity index is 2.31. The molecular weight excluding hydrogens is 160 g/mol. The SMILES string of the molecule is CCC1(c2ccccc2)CCOC1. The van der Waals surface area contributed by atoms with Crippen LogP contribution in [0.3, 0.4) is 0 Å². The lowest BCUT2D eigenvalue weighted by Crippen LogP contribution is -2.25. The molecule has 1 aliphatic rings. The van der Waals surface area contributed by atoms with E-state index >= 15 is 0 Å². The second-order valence-corrected chi connectivity index (χ2v) is 3.80. The molecule has 0 aromatic heterocycles. The third-order valence-corrected chi connectivity index (χ3v) is 3.17. The molecule has 2 rings (SSSR count). The van der Waals surface area contributed by atoms with Gasteiger partial charge in [-0.15, -0.1) is 0 Å². The zero-order valence-electron chi connectivity index (χ0n) is 8.12. The van der Waals surface area contributed by atoms with Crippen LogP contribution in [0.2, 0.25) is 0 Å². The Morgan fingerprint density at radius 2 is 2.08 bits per heavy atom. The van der Waals surface area contributed by atoms with E-state index in [1.165, 1.54) is 18.4 Å². The smallest absolute Gasteiger partial charge is 0.0563 e. The van der Waals surface area contributed by atoms with E-state index in [4.69, 9.17) is 4.74 Å². The van der Waals surface area contributed by atoms with Gasteiger partial charge in [0.25, 0.3) is 0 Å². The van der Waals surface area contributed by atoms with Crippen LogP contribution in [0.4, 0.5) is 0 Å². The van der Waals surface area contributed by atoms with Gasteiger partial charge in [0.2, 0.25) is 0 Å². The van der Waals surface area contributed by atoms with Crippen LogP contribution in [0.15, 0.2) is 30.3 Å².